The molecule has 1 atom stereocenters. The van der Waals surface area contributed by atoms with Gasteiger partial charge >= 0.3 is 0 Å². The Morgan fingerprint density at radius 3 is 2.54 bits per heavy atom. The fraction of sp³-hybridized carbons (Fsp3) is 0.667. The highest BCUT2D eigenvalue weighted by Crippen LogP contribution is 2.23. The van der Waals surface area contributed by atoms with E-state index >= 15 is 0 Å². The van der Waals surface area contributed by atoms with Gasteiger partial charge in [0.1, 0.15) is 5.75 Å². The quantitative estimate of drug-likeness (QED) is 0.477. The first-order valence-electron chi connectivity index (χ1n) is 10.1. The van der Waals surface area contributed by atoms with E-state index in [-0.39, 0.29) is 5.91 Å². The first-order valence-corrected chi connectivity index (χ1v) is 10.6. The lowest BCUT2D eigenvalue weighted by Gasteiger charge is -2.28. The highest BCUT2D eigenvalue weighted by Gasteiger charge is 2.31. The molecule has 2 aliphatic heterocycles. The lowest BCUT2D eigenvalue weighted by Crippen LogP contribution is -2.42. The molecule has 2 fully saturated rings. The van der Waals surface area contributed by atoms with Crippen molar-refractivity contribution in [2.75, 3.05) is 38.7 Å². The number of likely N-dealkylation sites (tertiary alicyclic amines) is 2. The molecule has 0 radical (unpaired) electrons. The van der Waals surface area contributed by atoms with Crippen molar-refractivity contribution in [3.8, 4) is 5.75 Å². The predicted molar refractivity (Wildman–Crippen MR) is 106 cm³/mol. The molecule has 2 aliphatic rings. The maximum absolute atomic E-state index is 12.9. The predicted octanol–water partition coefficient (Wildman–Crippen LogP) is 4.17. The lowest BCUT2D eigenvalue weighted by atomic mass is 10.1. The molecule has 0 unspecified atom stereocenters. The van der Waals surface area contributed by atoms with Gasteiger partial charge in [0.25, 0.3) is 5.91 Å². The first kappa shape index (κ1) is 19.5. The molecular weight excluding hydrogens is 348 g/mol. The highest BCUT2D eigenvalue weighted by atomic mass is 35.5. The number of carbonyl (C=O) groups excluding carboxylic acids is 1. The summed E-state index contributed by atoms with van der Waals surface area (Å²) < 4.78 is 5.75. The van der Waals surface area contributed by atoms with E-state index in [2.05, 4.69) is 9.80 Å². The standard InChI is InChI=1S/C21H31ClN2O2/c22-12-2-1-5-16-26-20-10-8-18(9-11-20)21(25)24-15-6-7-19(24)17-23-13-3-4-14-23/h8-11,19H,1-7,12-17H2/t19-/m0/s1. The van der Waals surface area contributed by atoms with Crippen LogP contribution in [0.4, 0.5) is 0 Å². The summed E-state index contributed by atoms with van der Waals surface area (Å²) in [6.07, 6.45) is 7.99. The maximum Gasteiger partial charge on any atom is 0.254 e. The molecule has 0 spiro atoms. The summed E-state index contributed by atoms with van der Waals surface area (Å²) in [5, 5.41) is 0. The van der Waals surface area contributed by atoms with Crippen LogP contribution in [0.15, 0.2) is 24.3 Å². The summed E-state index contributed by atoms with van der Waals surface area (Å²) in [7, 11) is 0. The molecule has 5 heteroatoms. The Bertz CT molecular complexity index is 558. The van der Waals surface area contributed by atoms with Crippen LogP contribution >= 0.6 is 11.6 Å². The summed E-state index contributed by atoms with van der Waals surface area (Å²) in [5.74, 6) is 1.72. The van der Waals surface area contributed by atoms with Gasteiger partial charge in [-0.1, -0.05) is 0 Å². The van der Waals surface area contributed by atoms with Crippen LogP contribution in [0.25, 0.3) is 0 Å². The molecule has 0 bridgehead atoms. The van der Waals surface area contributed by atoms with Gasteiger partial charge in [-0.2, -0.15) is 0 Å². The van der Waals surface area contributed by atoms with E-state index in [1.54, 1.807) is 0 Å². The number of benzene rings is 1. The Morgan fingerprint density at radius 1 is 1.04 bits per heavy atom. The van der Waals surface area contributed by atoms with E-state index < -0.39 is 0 Å². The minimum absolute atomic E-state index is 0.167. The third kappa shape index (κ3) is 5.37. The van der Waals surface area contributed by atoms with Crippen LogP contribution in [0.2, 0.25) is 0 Å². The van der Waals surface area contributed by atoms with E-state index in [0.717, 1.165) is 56.5 Å². The smallest absolute Gasteiger partial charge is 0.254 e. The molecule has 0 N–H and O–H groups in total. The zero-order chi connectivity index (χ0) is 18.2. The third-order valence-electron chi connectivity index (χ3n) is 5.45. The SMILES string of the molecule is O=C(c1ccc(OCCCCCCl)cc1)N1CCC[C@H]1CN1CCCC1. The van der Waals surface area contributed by atoms with Crippen LogP contribution in [0.3, 0.4) is 0 Å². The van der Waals surface area contributed by atoms with E-state index in [0.29, 0.717) is 18.5 Å². The van der Waals surface area contributed by atoms with Crippen LogP contribution in [0.5, 0.6) is 5.75 Å². The molecule has 1 aromatic rings. The highest BCUT2D eigenvalue weighted by molar-refractivity contribution is 6.17. The van der Waals surface area contributed by atoms with Gasteiger partial charge in [-0.3, -0.25) is 4.79 Å². The van der Waals surface area contributed by atoms with Gasteiger partial charge in [-0.05, 0) is 82.3 Å². The van der Waals surface area contributed by atoms with Crippen molar-refractivity contribution >= 4 is 17.5 Å². The Hall–Kier alpha value is -1.26. The van der Waals surface area contributed by atoms with Crippen molar-refractivity contribution in [3.05, 3.63) is 29.8 Å². The van der Waals surface area contributed by atoms with Gasteiger partial charge in [0.05, 0.1) is 6.61 Å². The second-order valence-corrected chi connectivity index (χ2v) is 7.80. The largest absolute Gasteiger partial charge is 0.494 e. The van der Waals surface area contributed by atoms with E-state index in [1.807, 2.05) is 24.3 Å². The van der Waals surface area contributed by atoms with Crippen molar-refractivity contribution in [1.29, 1.82) is 0 Å². The van der Waals surface area contributed by atoms with E-state index in [4.69, 9.17) is 16.3 Å². The van der Waals surface area contributed by atoms with Gasteiger partial charge in [0.15, 0.2) is 0 Å². The minimum atomic E-state index is 0.167. The normalized spacial score (nSPS) is 20.7. The molecule has 0 aromatic heterocycles. The summed E-state index contributed by atoms with van der Waals surface area (Å²) in [5.41, 5.74) is 0.771. The number of carbonyl (C=O) groups is 1. The van der Waals surface area contributed by atoms with Crippen molar-refractivity contribution < 1.29 is 9.53 Å². The van der Waals surface area contributed by atoms with Crippen LogP contribution < -0.4 is 4.74 Å². The molecular formula is C21H31ClN2O2. The topological polar surface area (TPSA) is 32.8 Å². The number of unbranched alkanes of at least 4 members (excludes halogenated alkanes) is 2. The molecule has 2 heterocycles. The summed E-state index contributed by atoms with van der Waals surface area (Å²) >= 11 is 5.68. The summed E-state index contributed by atoms with van der Waals surface area (Å²) in [6, 6.07) is 8.02. The Kier molecular flexibility index (Phi) is 7.63. The second kappa shape index (κ2) is 10.2. The monoisotopic (exact) mass is 378 g/mol. The van der Waals surface area contributed by atoms with Crippen molar-refractivity contribution in [2.24, 2.45) is 0 Å². The van der Waals surface area contributed by atoms with Gasteiger partial charge < -0.3 is 14.5 Å². The van der Waals surface area contributed by atoms with Gasteiger partial charge in [-0.15, -0.1) is 11.6 Å². The number of ether oxygens (including phenoxy) is 1. The van der Waals surface area contributed by atoms with Crippen LogP contribution in [-0.4, -0.2) is 60.4 Å². The van der Waals surface area contributed by atoms with Gasteiger partial charge in [-0.25, -0.2) is 0 Å². The third-order valence-corrected chi connectivity index (χ3v) is 5.72. The molecule has 0 saturated carbocycles. The average molecular weight is 379 g/mol. The van der Waals surface area contributed by atoms with Gasteiger partial charge in [0.2, 0.25) is 0 Å². The van der Waals surface area contributed by atoms with Crippen molar-refractivity contribution in [2.45, 2.75) is 51.0 Å². The summed E-state index contributed by atoms with van der Waals surface area (Å²) in [6.45, 7) is 5.00. The molecule has 26 heavy (non-hydrogen) atoms. The molecule has 3 rings (SSSR count). The Morgan fingerprint density at radius 2 is 1.81 bits per heavy atom. The fourth-order valence-electron chi connectivity index (χ4n) is 3.98. The first-order chi connectivity index (χ1) is 12.8. The zero-order valence-corrected chi connectivity index (χ0v) is 16.4. The minimum Gasteiger partial charge on any atom is -0.494 e. The number of nitrogens with zero attached hydrogens (tertiary/aromatic N) is 2. The Labute approximate surface area is 162 Å². The molecule has 1 aromatic carbocycles. The molecule has 2 saturated heterocycles. The molecule has 0 aliphatic carbocycles. The maximum atomic E-state index is 12.9. The molecule has 4 nitrogen and oxygen atoms in total. The van der Waals surface area contributed by atoms with Crippen LogP contribution in [-0.2, 0) is 0 Å². The molecule has 144 valence electrons. The number of amides is 1. The average Bonchev–Trinajstić information content (AvgIpc) is 3.34. The number of hydrogen-bond donors (Lipinski definition) is 0. The summed E-state index contributed by atoms with van der Waals surface area (Å²) in [4.78, 5) is 17.5. The number of alkyl halides is 1. The van der Waals surface area contributed by atoms with E-state index in [1.165, 1.54) is 25.9 Å². The zero-order valence-electron chi connectivity index (χ0n) is 15.7. The fourth-order valence-corrected chi connectivity index (χ4v) is 4.17. The number of rotatable bonds is 9. The van der Waals surface area contributed by atoms with Gasteiger partial charge in [0, 0.05) is 30.6 Å². The van der Waals surface area contributed by atoms with Crippen LogP contribution in [0.1, 0.15) is 55.3 Å². The Balaban J connectivity index is 1.50. The second-order valence-electron chi connectivity index (χ2n) is 7.42. The van der Waals surface area contributed by atoms with Crippen LogP contribution in [0, 0.1) is 0 Å². The number of hydrogen-bond acceptors (Lipinski definition) is 3. The van der Waals surface area contributed by atoms with E-state index in [9.17, 15) is 4.79 Å². The molecule has 1 amide bonds. The van der Waals surface area contributed by atoms with Crippen molar-refractivity contribution in [1.82, 2.24) is 9.80 Å². The lowest BCUT2D eigenvalue weighted by molar-refractivity contribution is 0.0708. The number of halogens is 1. The van der Waals surface area contributed by atoms with Crippen molar-refractivity contribution in [3.63, 3.8) is 0 Å².